The highest BCUT2D eigenvalue weighted by Crippen LogP contribution is 2.16. The number of aliphatic hydroxyl groups excluding tert-OH is 1. The smallest absolute Gasteiger partial charge is 0.0707 e. The van der Waals surface area contributed by atoms with Crippen LogP contribution < -0.4 is 11.1 Å². The van der Waals surface area contributed by atoms with Crippen LogP contribution >= 0.6 is 0 Å². The van der Waals surface area contributed by atoms with Crippen molar-refractivity contribution < 1.29 is 5.11 Å². The lowest BCUT2D eigenvalue weighted by Crippen LogP contribution is -2.46. The Hall–Kier alpha value is -0.120. The van der Waals surface area contributed by atoms with Gasteiger partial charge in [-0.3, -0.25) is 0 Å². The number of hydrogen-bond donors (Lipinski definition) is 3. The second kappa shape index (κ2) is 3.32. The summed E-state index contributed by atoms with van der Waals surface area (Å²) in [6.45, 7) is 0. The Morgan fingerprint density at radius 2 is 2.20 bits per heavy atom. The van der Waals surface area contributed by atoms with Gasteiger partial charge in [0.15, 0.2) is 0 Å². The first-order chi connectivity index (χ1) is 4.74. The van der Waals surface area contributed by atoms with Crippen LogP contribution in [0.15, 0.2) is 0 Å². The molecule has 0 bridgehead atoms. The van der Waals surface area contributed by atoms with Crippen LogP contribution in [-0.4, -0.2) is 30.3 Å². The van der Waals surface area contributed by atoms with Crippen LogP contribution in [0.4, 0.5) is 0 Å². The Morgan fingerprint density at radius 1 is 1.50 bits per heavy atom. The lowest BCUT2D eigenvalue weighted by molar-refractivity contribution is 0.0862. The molecule has 0 spiro atoms. The van der Waals surface area contributed by atoms with E-state index in [9.17, 15) is 5.11 Å². The number of rotatable bonds is 1. The van der Waals surface area contributed by atoms with Gasteiger partial charge in [-0.1, -0.05) is 0 Å². The highest BCUT2D eigenvalue weighted by Gasteiger charge is 2.25. The van der Waals surface area contributed by atoms with Gasteiger partial charge in [-0.15, -0.1) is 0 Å². The van der Waals surface area contributed by atoms with Gasteiger partial charge in [0.25, 0.3) is 0 Å². The zero-order chi connectivity index (χ0) is 7.56. The zero-order valence-corrected chi connectivity index (χ0v) is 6.38. The zero-order valence-electron chi connectivity index (χ0n) is 6.38. The van der Waals surface area contributed by atoms with E-state index in [1.165, 1.54) is 0 Å². The van der Waals surface area contributed by atoms with Gasteiger partial charge in [0, 0.05) is 12.1 Å². The molecule has 1 aliphatic carbocycles. The molecule has 0 aromatic rings. The third-order valence-electron chi connectivity index (χ3n) is 2.23. The first kappa shape index (κ1) is 7.98. The fourth-order valence-corrected chi connectivity index (χ4v) is 1.52. The third-order valence-corrected chi connectivity index (χ3v) is 2.23. The Morgan fingerprint density at radius 3 is 2.70 bits per heavy atom. The van der Waals surface area contributed by atoms with Crippen LogP contribution in [0.25, 0.3) is 0 Å². The van der Waals surface area contributed by atoms with Crippen molar-refractivity contribution in [3.05, 3.63) is 0 Å². The number of nitrogens with one attached hydrogen (secondary N) is 1. The van der Waals surface area contributed by atoms with Crippen LogP contribution in [0.2, 0.25) is 0 Å². The molecule has 0 aromatic heterocycles. The van der Waals surface area contributed by atoms with Crippen molar-refractivity contribution in [2.45, 2.75) is 37.5 Å². The maximum absolute atomic E-state index is 9.40. The van der Waals surface area contributed by atoms with E-state index in [0.717, 1.165) is 19.3 Å². The molecule has 4 N–H and O–H groups in total. The SMILES string of the molecule is CN[C@@H]1CC[C@@H](N)C[C@@H]1O. The van der Waals surface area contributed by atoms with E-state index in [0.29, 0.717) is 0 Å². The van der Waals surface area contributed by atoms with E-state index < -0.39 is 0 Å². The minimum absolute atomic E-state index is 0.208. The molecule has 0 heterocycles. The maximum Gasteiger partial charge on any atom is 0.0707 e. The summed E-state index contributed by atoms with van der Waals surface area (Å²) in [5.74, 6) is 0. The Kier molecular flexibility index (Phi) is 2.65. The first-order valence-electron chi connectivity index (χ1n) is 3.85. The van der Waals surface area contributed by atoms with Gasteiger partial charge >= 0.3 is 0 Å². The van der Waals surface area contributed by atoms with E-state index in [1.807, 2.05) is 7.05 Å². The molecule has 10 heavy (non-hydrogen) atoms. The Labute approximate surface area is 61.6 Å². The van der Waals surface area contributed by atoms with E-state index in [2.05, 4.69) is 5.32 Å². The quantitative estimate of drug-likeness (QED) is 0.462. The van der Waals surface area contributed by atoms with E-state index in [4.69, 9.17) is 5.73 Å². The topological polar surface area (TPSA) is 58.3 Å². The maximum atomic E-state index is 9.40. The standard InChI is InChI=1S/C7H16N2O/c1-9-6-3-2-5(8)4-7(6)10/h5-7,9-10H,2-4,8H2,1H3/t5-,6-,7+/m1/s1. The fraction of sp³-hybridized carbons (Fsp3) is 1.00. The van der Waals surface area contributed by atoms with Crippen molar-refractivity contribution in [3.8, 4) is 0 Å². The summed E-state index contributed by atoms with van der Waals surface area (Å²) in [7, 11) is 1.88. The minimum Gasteiger partial charge on any atom is -0.391 e. The molecule has 1 aliphatic rings. The van der Waals surface area contributed by atoms with E-state index >= 15 is 0 Å². The van der Waals surface area contributed by atoms with Crippen LogP contribution in [0.1, 0.15) is 19.3 Å². The van der Waals surface area contributed by atoms with Gasteiger partial charge in [0.2, 0.25) is 0 Å². The monoisotopic (exact) mass is 144 g/mol. The largest absolute Gasteiger partial charge is 0.391 e. The molecule has 1 fully saturated rings. The Bertz CT molecular complexity index is 108. The predicted octanol–water partition coefficient (Wildman–Crippen LogP) is -0.553. The highest BCUT2D eigenvalue weighted by molar-refractivity contribution is 4.84. The van der Waals surface area contributed by atoms with Gasteiger partial charge in [-0.05, 0) is 26.3 Å². The molecule has 3 atom stereocenters. The highest BCUT2D eigenvalue weighted by atomic mass is 16.3. The predicted molar refractivity (Wildman–Crippen MR) is 40.7 cm³/mol. The fourth-order valence-electron chi connectivity index (χ4n) is 1.52. The lowest BCUT2D eigenvalue weighted by Gasteiger charge is -2.30. The summed E-state index contributed by atoms with van der Waals surface area (Å²) >= 11 is 0. The summed E-state index contributed by atoms with van der Waals surface area (Å²) in [5.41, 5.74) is 5.65. The van der Waals surface area contributed by atoms with Crippen LogP contribution in [0.3, 0.4) is 0 Å². The Balaban J connectivity index is 2.36. The second-order valence-electron chi connectivity index (χ2n) is 3.04. The van der Waals surface area contributed by atoms with Crippen molar-refractivity contribution in [2.24, 2.45) is 5.73 Å². The van der Waals surface area contributed by atoms with Crippen molar-refractivity contribution in [1.82, 2.24) is 5.32 Å². The van der Waals surface area contributed by atoms with Crippen molar-refractivity contribution in [3.63, 3.8) is 0 Å². The molecule has 0 unspecified atom stereocenters. The average Bonchev–Trinajstić information content (AvgIpc) is 1.88. The van der Waals surface area contributed by atoms with Gasteiger partial charge in [-0.2, -0.15) is 0 Å². The summed E-state index contributed by atoms with van der Waals surface area (Å²) in [5, 5.41) is 12.5. The number of aliphatic hydroxyl groups is 1. The summed E-state index contributed by atoms with van der Waals surface area (Å²) < 4.78 is 0. The molecule has 3 nitrogen and oxygen atoms in total. The molecule has 3 heteroatoms. The number of nitrogens with two attached hydrogens (primary N) is 1. The van der Waals surface area contributed by atoms with E-state index in [-0.39, 0.29) is 18.2 Å². The molecule has 0 aliphatic heterocycles. The van der Waals surface area contributed by atoms with Crippen LogP contribution in [0.5, 0.6) is 0 Å². The summed E-state index contributed by atoms with van der Waals surface area (Å²) in [4.78, 5) is 0. The summed E-state index contributed by atoms with van der Waals surface area (Å²) in [6.07, 6.45) is 2.53. The van der Waals surface area contributed by atoms with Crippen molar-refractivity contribution in [2.75, 3.05) is 7.05 Å². The molecule has 0 saturated heterocycles. The molecular formula is C7H16N2O. The summed E-state index contributed by atoms with van der Waals surface area (Å²) in [6, 6.07) is 0.472. The molecule has 0 radical (unpaired) electrons. The molecule has 0 aromatic carbocycles. The van der Waals surface area contributed by atoms with Gasteiger partial charge in [-0.25, -0.2) is 0 Å². The van der Waals surface area contributed by atoms with E-state index in [1.54, 1.807) is 0 Å². The second-order valence-corrected chi connectivity index (χ2v) is 3.04. The normalized spacial score (nSPS) is 41.7. The van der Waals surface area contributed by atoms with Crippen LogP contribution in [-0.2, 0) is 0 Å². The first-order valence-corrected chi connectivity index (χ1v) is 3.85. The number of likely N-dealkylation sites (N-methyl/N-ethyl adjacent to an activating group) is 1. The number of hydrogen-bond acceptors (Lipinski definition) is 3. The lowest BCUT2D eigenvalue weighted by atomic mass is 9.89. The molecule has 1 saturated carbocycles. The van der Waals surface area contributed by atoms with Gasteiger partial charge in [0.05, 0.1) is 6.10 Å². The minimum atomic E-state index is -0.242. The van der Waals surface area contributed by atoms with Gasteiger partial charge in [0.1, 0.15) is 0 Å². The van der Waals surface area contributed by atoms with Crippen molar-refractivity contribution >= 4 is 0 Å². The average molecular weight is 144 g/mol. The third kappa shape index (κ3) is 1.68. The van der Waals surface area contributed by atoms with Gasteiger partial charge < -0.3 is 16.2 Å². The molecule has 1 rings (SSSR count). The molecule has 0 amide bonds. The molecular weight excluding hydrogens is 128 g/mol. The van der Waals surface area contributed by atoms with Crippen LogP contribution in [0, 0.1) is 0 Å². The van der Waals surface area contributed by atoms with Crippen molar-refractivity contribution in [1.29, 1.82) is 0 Å². The molecule has 60 valence electrons.